The highest BCUT2D eigenvalue weighted by atomic mass is 32.2. The SMILES string of the molecule is CCCCS(=O)(=O)Nc1ccc(C2CCOC2=O)cc1C#N. The maximum absolute atomic E-state index is 11.9. The van der Waals surface area contributed by atoms with Crippen molar-refractivity contribution in [3.63, 3.8) is 0 Å². The Labute approximate surface area is 130 Å². The first kappa shape index (κ1) is 16.3. The number of nitrogens with one attached hydrogen (secondary N) is 1. The number of carbonyl (C=O) groups is 1. The van der Waals surface area contributed by atoms with Gasteiger partial charge in [0.2, 0.25) is 10.0 Å². The molecule has 0 radical (unpaired) electrons. The molecule has 1 aliphatic heterocycles. The number of anilines is 1. The quantitative estimate of drug-likeness (QED) is 0.809. The average molecular weight is 322 g/mol. The minimum absolute atomic E-state index is 0.0189. The topological polar surface area (TPSA) is 96.3 Å². The normalized spacial score (nSPS) is 17.8. The Kier molecular flexibility index (Phi) is 5.03. The number of rotatable bonds is 6. The Morgan fingerprint density at radius 1 is 1.45 bits per heavy atom. The van der Waals surface area contributed by atoms with Crippen molar-refractivity contribution in [3.8, 4) is 6.07 Å². The Bertz CT molecular complexity index is 707. The molecular formula is C15H18N2O4S. The molecule has 0 saturated carbocycles. The molecule has 1 N–H and O–H groups in total. The van der Waals surface area contributed by atoms with Gasteiger partial charge >= 0.3 is 5.97 Å². The molecule has 1 unspecified atom stereocenters. The summed E-state index contributed by atoms with van der Waals surface area (Å²) in [4.78, 5) is 11.6. The molecule has 118 valence electrons. The molecule has 1 atom stereocenters. The molecule has 0 spiro atoms. The van der Waals surface area contributed by atoms with Crippen molar-refractivity contribution in [1.82, 2.24) is 0 Å². The van der Waals surface area contributed by atoms with Gasteiger partial charge in [0.1, 0.15) is 6.07 Å². The molecule has 1 heterocycles. The van der Waals surface area contributed by atoms with Crippen LogP contribution in [0.2, 0.25) is 0 Å². The average Bonchev–Trinajstić information content (AvgIpc) is 2.91. The summed E-state index contributed by atoms with van der Waals surface area (Å²) in [5.74, 6) is -0.663. The molecule has 7 heteroatoms. The number of nitrogens with zero attached hydrogens (tertiary/aromatic N) is 1. The van der Waals surface area contributed by atoms with Gasteiger partial charge in [-0.25, -0.2) is 8.42 Å². The number of hydrogen-bond acceptors (Lipinski definition) is 5. The maximum Gasteiger partial charge on any atom is 0.313 e. The van der Waals surface area contributed by atoms with E-state index in [4.69, 9.17) is 4.74 Å². The van der Waals surface area contributed by atoms with Crippen LogP contribution in [0, 0.1) is 11.3 Å². The first-order valence-electron chi connectivity index (χ1n) is 7.18. The molecular weight excluding hydrogens is 304 g/mol. The van der Waals surface area contributed by atoms with Gasteiger partial charge < -0.3 is 4.74 Å². The highest BCUT2D eigenvalue weighted by Gasteiger charge is 2.28. The number of ether oxygens (including phenoxy) is 1. The van der Waals surface area contributed by atoms with E-state index >= 15 is 0 Å². The molecule has 0 aromatic heterocycles. The Balaban J connectivity index is 2.23. The minimum atomic E-state index is -3.46. The second-order valence-corrected chi connectivity index (χ2v) is 7.04. The molecule has 1 saturated heterocycles. The van der Waals surface area contributed by atoms with E-state index in [1.165, 1.54) is 6.07 Å². The third kappa shape index (κ3) is 3.77. The van der Waals surface area contributed by atoms with Gasteiger partial charge in [0.05, 0.1) is 29.5 Å². The van der Waals surface area contributed by atoms with Crippen LogP contribution in [0.25, 0.3) is 0 Å². The number of sulfonamides is 1. The lowest BCUT2D eigenvalue weighted by Gasteiger charge is -2.12. The van der Waals surface area contributed by atoms with Crippen molar-refractivity contribution in [2.75, 3.05) is 17.1 Å². The van der Waals surface area contributed by atoms with Crippen molar-refractivity contribution in [3.05, 3.63) is 29.3 Å². The lowest BCUT2D eigenvalue weighted by molar-refractivity contribution is -0.139. The van der Waals surface area contributed by atoms with Gasteiger partial charge in [0, 0.05) is 0 Å². The van der Waals surface area contributed by atoms with Gasteiger partial charge in [-0.3, -0.25) is 9.52 Å². The summed E-state index contributed by atoms with van der Waals surface area (Å²) in [6, 6.07) is 6.72. The van der Waals surface area contributed by atoms with Crippen LogP contribution in [0.5, 0.6) is 0 Å². The van der Waals surface area contributed by atoms with Crippen molar-refractivity contribution >= 4 is 21.7 Å². The third-order valence-corrected chi connectivity index (χ3v) is 4.89. The first-order valence-corrected chi connectivity index (χ1v) is 8.83. The summed E-state index contributed by atoms with van der Waals surface area (Å²) < 4.78 is 31.2. The predicted molar refractivity (Wildman–Crippen MR) is 81.8 cm³/mol. The van der Waals surface area contributed by atoms with Crippen LogP contribution in [-0.4, -0.2) is 26.7 Å². The van der Waals surface area contributed by atoms with Crippen LogP contribution in [0.4, 0.5) is 5.69 Å². The number of esters is 1. The van der Waals surface area contributed by atoms with Crippen LogP contribution >= 0.6 is 0 Å². The Morgan fingerprint density at radius 2 is 2.23 bits per heavy atom. The second-order valence-electron chi connectivity index (χ2n) is 5.20. The van der Waals surface area contributed by atoms with E-state index in [2.05, 4.69) is 4.72 Å². The molecule has 1 aliphatic rings. The van der Waals surface area contributed by atoms with E-state index in [-0.39, 0.29) is 28.9 Å². The molecule has 1 aromatic rings. The van der Waals surface area contributed by atoms with Crippen molar-refractivity contribution < 1.29 is 17.9 Å². The smallest absolute Gasteiger partial charge is 0.313 e. The van der Waals surface area contributed by atoms with Gasteiger partial charge in [-0.2, -0.15) is 5.26 Å². The number of unbranched alkanes of at least 4 members (excludes halogenated alkanes) is 1. The van der Waals surface area contributed by atoms with E-state index in [1.54, 1.807) is 12.1 Å². The summed E-state index contributed by atoms with van der Waals surface area (Å²) >= 11 is 0. The third-order valence-electron chi connectivity index (χ3n) is 3.53. The van der Waals surface area contributed by atoms with Crippen LogP contribution in [0.15, 0.2) is 18.2 Å². The zero-order valence-electron chi connectivity index (χ0n) is 12.3. The monoisotopic (exact) mass is 322 g/mol. The number of nitriles is 1. The fourth-order valence-corrected chi connectivity index (χ4v) is 3.60. The highest BCUT2D eigenvalue weighted by molar-refractivity contribution is 7.92. The zero-order valence-corrected chi connectivity index (χ0v) is 13.1. The zero-order chi connectivity index (χ0) is 16.2. The fourth-order valence-electron chi connectivity index (χ4n) is 2.31. The van der Waals surface area contributed by atoms with Gasteiger partial charge in [0.25, 0.3) is 0 Å². The van der Waals surface area contributed by atoms with Gasteiger partial charge in [-0.05, 0) is 30.5 Å². The lowest BCUT2D eigenvalue weighted by atomic mass is 9.96. The van der Waals surface area contributed by atoms with Crippen LogP contribution in [0.3, 0.4) is 0 Å². The Hall–Kier alpha value is -2.07. The molecule has 1 aromatic carbocycles. The number of hydrogen-bond donors (Lipinski definition) is 1. The predicted octanol–water partition coefficient (Wildman–Crippen LogP) is 2.13. The first-order chi connectivity index (χ1) is 10.5. The summed E-state index contributed by atoms with van der Waals surface area (Å²) in [5, 5.41) is 9.22. The van der Waals surface area contributed by atoms with E-state index in [1.807, 2.05) is 13.0 Å². The number of benzene rings is 1. The van der Waals surface area contributed by atoms with Crippen molar-refractivity contribution in [2.24, 2.45) is 0 Å². The standard InChI is InChI=1S/C15H18N2O4S/c1-2-3-8-22(19,20)17-14-5-4-11(9-12(14)10-16)13-6-7-21-15(13)18/h4-5,9,13,17H,2-3,6-8H2,1H3. The molecule has 0 bridgehead atoms. The van der Waals surface area contributed by atoms with Crippen LogP contribution in [0.1, 0.15) is 43.2 Å². The van der Waals surface area contributed by atoms with E-state index in [0.29, 0.717) is 25.0 Å². The van der Waals surface area contributed by atoms with Gasteiger partial charge in [0.15, 0.2) is 0 Å². The molecule has 2 rings (SSSR count). The largest absolute Gasteiger partial charge is 0.465 e. The summed E-state index contributed by atoms with van der Waals surface area (Å²) in [6.07, 6.45) is 1.91. The van der Waals surface area contributed by atoms with Gasteiger partial charge in [-0.15, -0.1) is 0 Å². The number of cyclic esters (lactones) is 1. The molecule has 0 amide bonds. The number of carbonyl (C=O) groups excluding carboxylic acids is 1. The van der Waals surface area contributed by atoms with Crippen molar-refractivity contribution in [2.45, 2.75) is 32.1 Å². The minimum Gasteiger partial charge on any atom is -0.465 e. The van der Waals surface area contributed by atoms with E-state index in [9.17, 15) is 18.5 Å². The lowest BCUT2D eigenvalue weighted by Crippen LogP contribution is -2.17. The maximum atomic E-state index is 11.9. The van der Waals surface area contributed by atoms with Gasteiger partial charge in [-0.1, -0.05) is 19.4 Å². The van der Waals surface area contributed by atoms with Crippen LogP contribution < -0.4 is 4.72 Å². The van der Waals surface area contributed by atoms with E-state index in [0.717, 1.165) is 6.42 Å². The summed E-state index contributed by atoms with van der Waals surface area (Å²) in [6.45, 7) is 2.28. The molecule has 1 fully saturated rings. The molecule has 22 heavy (non-hydrogen) atoms. The highest BCUT2D eigenvalue weighted by Crippen LogP contribution is 2.29. The van der Waals surface area contributed by atoms with Crippen molar-refractivity contribution in [1.29, 1.82) is 5.26 Å². The molecule has 6 nitrogen and oxygen atoms in total. The Morgan fingerprint density at radius 3 is 2.82 bits per heavy atom. The second kappa shape index (κ2) is 6.79. The summed E-state index contributed by atoms with van der Waals surface area (Å²) in [7, 11) is -3.46. The van der Waals surface area contributed by atoms with E-state index < -0.39 is 10.0 Å². The fraction of sp³-hybridized carbons (Fsp3) is 0.467. The van der Waals surface area contributed by atoms with Crippen LogP contribution in [-0.2, 0) is 19.6 Å². The molecule has 0 aliphatic carbocycles. The summed E-state index contributed by atoms with van der Waals surface area (Å²) in [5.41, 5.74) is 1.13.